The Morgan fingerprint density at radius 1 is 0.939 bits per heavy atom. The summed E-state index contributed by atoms with van der Waals surface area (Å²) in [5, 5.41) is 34.8. The number of aliphatic hydroxyl groups excluding tert-OH is 1. The number of benzene rings is 1. The standard InChI is InChI=1S/C21H33N5O7/c1-12(24-19(30)15(23)4-2-3-9-22)18(29)25-16(10-13-5-7-14(28)8-6-13)20(31)26-17(11-27)21(32)33/h5-8,12,15-17,27-28H,2-4,9-11,22-23H2,1H3,(H,24,30)(H,25,29)(H,26,31)(H,32,33). The lowest BCUT2D eigenvalue weighted by molar-refractivity contribution is -0.143. The molecule has 0 fully saturated rings. The van der Waals surface area contributed by atoms with E-state index in [1.807, 2.05) is 0 Å². The zero-order chi connectivity index (χ0) is 25.0. The van der Waals surface area contributed by atoms with Crippen LogP contribution in [-0.2, 0) is 25.6 Å². The van der Waals surface area contributed by atoms with Crippen LogP contribution < -0.4 is 27.4 Å². The van der Waals surface area contributed by atoms with Crippen molar-refractivity contribution < 1.29 is 34.5 Å². The predicted molar refractivity (Wildman–Crippen MR) is 119 cm³/mol. The van der Waals surface area contributed by atoms with E-state index in [9.17, 15) is 24.3 Å². The Balaban J connectivity index is 2.86. The summed E-state index contributed by atoms with van der Waals surface area (Å²) in [5.41, 5.74) is 11.8. The molecule has 4 unspecified atom stereocenters. The number of aromatic hydroxyl groups is 1. The first-order valence-corrected chi connectivity index (χ1v) is 10.6. The van der Waals surface area contributed by atoms with Gasteiger partial charge in [-0.05, 0) is 44.0 Å². The Kier molecular flexibility index (Phi) is 11.8. The van der Waals surface area contributed by atoms with Gasteiger partial charge in [0.2, 0.25) is 17.7 Å². The van der Waals surface area contributed by atoms with Gasteiger partial charge in [0.25, 0.3) is 0 Å². The molecule has 1 aromatic rings. The van der Waals surface area contributed by atoms with Gasteiger partial charge in [0.05, 0.1) is 12.6 Å². The number of nitrogens with two attached hydrogens (primary N) is 2. The van der Waals surface area contributed by atoms with Gasteiger partial charge in [-0.1, -0.05) is 18.6 Å². The van der Waals surface area contributed by atoms with Gasteiger partial charge in [0.1, 0.15) is 23.9 Å². The number of hydrogen-bond acceptors (Lipinski definition) is 8. The third kappa shape index (κ3) is 9.85. The van der Waals surface area contributed by atoms with Crippen molar-refractivity contribution in [3.05, 3.63) is 29.8 Å². The zero-order valence-corrected chi connectivity index (χ0v) is 18.5. The normalized spacial score (nSPS) is 14.4. The SMILES string of the molecule is CC(NC(=O)C(N)CCCCN)C(=O)NC(Cc1ccc(O)cc1)C(=O)NC(CO)C(=O)O. The summed E-state index contributed by atoms with van der Waals surface area (Å²) in [4.78, 5) is 48.6. The fourth-order valence-electron chi connectivity index (χ4n) is 2.86. The van der Waals surface area contributed by atoms with Gasteiger partial charge in [0.15, 0.2) is 0 Å². The zero-order valence-electron chi connectivity index (χ0n) is 18.5. The summed E-state index contributed by atoms with van der Waals surface area (Å²) in [7, 11) is 0. The number of carboxylic acids is 1. The maximum atomic E-state index is 12.7. The number of nitrogens with one attached hydrogen (secondary N) is 3. The van der Waals surface area contributed by atoms with Gasteiger partial charge in [-0.3, -0.25) is 14.4 Å². The van der Waals surface area contributed by atoms with Crippen molar-refractivity contribution >= 4 is 23.7 Å². The number of phenolic OH excluding ortho intramolecular Hbond substituents is 1. The molecule has 0 saturated carbocycles. The first kappa shape index (κ1) is 27.8. The van der Waals surface area contributed by atoms with Crippen LogP contribution in [0.2, 0.25) is 0 Å². The first-order chi connectivity index (χ1) is 15.6. The molecule has 0 spiro atoms. The van der Waals surface area contributed by atoms with Crippen molar-refractivity contribution in [3.8, 4) is 5.75 Å². The van der Waals surface area contributed by atoms with Crippen LogP contribution in [0.5, 0.6) is 5.75 Å². The Morgan fingerprint density at radius 2 is 1.55 bits per heavy atom. The number of hydrogen-bond donors (Lipinski definition) is 8. The van der Waals surface area contributed by atoms with Crippen LogP contribution in [0.4, 0.5) is 0 Å². The summed E-state index contributed by atoms with van der Waals surface area (Å²) in [6, 6.07) is 1.25. The molecule has 12 nitrogen and oxygen atoms in total. The number of aliphatic hydroxyl groups is 1. The number of phenols is 1. The minimum atomic E-state index is -1.56. The van der Waals surface area contributed by atoms with Crippen LogP contribution >= 0.6 is 0 Å². The number of carbonyl (C=O) groups is 4. The molecule has 1 rings (SSSR count). The number of aliphatic carboxylic acids is 1. The highest BCUT2D eigenvalue weighted by Gasteiger charge is 2.28. The average molecular weight is 468 g/mol. The van der Waals surface area contributed by atoms with Gasteiger partial charge in [-0.15, -0.1) is 0 Å². The lowest BCUT2D eigenvalue weighted by Gasteiger charge is -2.23. The van der Waals surface area contributed by atoms with E-state index in [1.165, 1.54) is 31.2 Å². The van der Waals surface area contributed by atoms with Crippen LogP contribution in [0, 0.1) is 0 Å². The summed E-state index contributed by atoms with van der Waals surface area (Å²) in [5.74, 6) is -3.48. The molecule has 4 atom stereocenters. The molecule has 0 heterocycles. The number of carbonyl (C=O) groups excluding carboxylic acids is 3. The highest BCUT2D eigenvalue weighted by molar-refractivity contribution is 5.94. The molecule has 0 saturated heterocycles. The highest BCUT2D eigenvalue weighted by atomic mass is 16.4. The number of unbranched alkanes of at least 4 members (excludes halogenated alkanes) is 1. The van der Waals surface area contributed by atoms with Gasteiger partial charge in [0, 0.05) is 6.42 Å². The fourth-order valence-corrected chi connectivity index (χ4v) is 2.86. The van der Waals surface area contributed by atoms with E-state index in [2.05, 4.69) is 16.0 Å². The van der Waals surface area contributed by atoms with Crippen molar-refractivity contribution in [1.29, 1.82) is 0 Å². The van der Waals surface area contributed by atoms with Gasteiger partial charge < -0.3 is 42.7 Å². The molecule has 0 aliphatic rings. The molecule has 10 N–H and O–H groups in total. The Hall–Kier alpha value is -3.22. The second kappa shape index (κ2) is 14.0. The molecular weight excluding hydrogens is 434 g/mol. The third-order valence-corrected chi connectivity index (χ3v) is 4.86. The molecule has 3 amide bonds. The van der Waals surface area contributed by atoms with Crippen molar-refractivity contribution in [1.82, 2.24) is 16.0 Å². The lowest BCUT2D eigenvalue weighted by Crippen LogP contribution is -2.57. The van der Waals surface area contributed by atoms with Crippen molar-refractivity contribution in [2.75, 3.05) is 13.2 Å². The number of carboxylic acid groups (broad SMARTS) is 1. The molecule has 0 aliphatic heterocycles. The Morgan fingerprint density at radius 3 is 2.09 bits per heavy atom. The maximum Gasteiger partial charge on any atom is 0.328 e. The first-order valence-electron chi connectivity index (χ1n) is 10.6. The fraction of sp³-hybridized carbons (Fsp3) is 0.524. The molecule has 33 heavy (non-hydrogen) atoms. The average Bonchev–Trinajstić information content (AvgIpc) is 2.77. The summed E-state index contributed by atoms with van der Waals surface area (Å²) >= 11 is 0. The molecule has 184 valence electrons. The van der Waals surface area contributed by atoms with E-state index < -0.39 is 54.5 Å². The van der Waals surface area contributed by atoms with E-state index in [1.54, 1.807) is 0 Å². The van der Waals surface area contributed by atoms with Crippen LogP contribution in [0.3, 0.4) is 0 Å². The summed E-state index contributed by atoms with van der Waals surface area (Å²) in [6.07, 6.45) is 1.75. The predicted octanol–water partition coefficient (Wildman–Crippen LogP) is -2.06. The summed E-state index contributed by atoms with van der Waals surface area (Å²) in [6.45, 7) is 1.06. The van der Waals surface area contributed by atoms with E-state index in [0.717, 1.165) is 6.42 Å². The molecule has 0 radical (unpaired) electrons. The minimum absolute atomic E-state index is 0.00847. The summed E-state index contributed by atoms with van der Waals surface area (Å²) < 4.78 is 0. The molecule has 1 aromatic carbocycles. The highest BCUT2D eigenvalue weighted by Crippen LogP contribution is 2.12. The van der Waals surface area contributed by atoms with Gasteiger partial charge in [-0.25, -0.2) is 4.79 Å². The van der Waals surface area contributed by atoms with Crippen LogP contribution in [0.25, 0.3) is 0 Å². The van der Waals surface area contributed by atoms with Crippen molar-refractivity contribution in [2.45, 2.75) is 56.8 Å². The van der Waals surface area contributed by atoms with Crippen molar-refractivity contribution in [3.63, 3.8) is 0 Å². The number of rotatable bonds is 14. The molecule has 0 aromatic heterocycles. The maximum absolute atomic E-state index is 12.7. The molecule has 12 heteroatoms. The van der Waals surface area contributed by atoms with Crippen molar-refractivity contribution in [2.24, 2.45) is 11.5 Å². The van der Waals surface area contributed by atoms with Crippen LogP contribution in [-0.4, -0.2) is 76.3 Å². The monoisotopic (exact) mass is 467 g/mol. The third-order valence-electron chi connectivity index (χ3n) is 4.86. The van der Waals surface area contributed by atoms with E-state index in [4.69, 9.17) is 21.7 Å². The smallest absolute Gasteiger partial charge is 0.328 e. The van der Waals surface area contributed by atoms with Crippen LogP contribution in [0.1, 0.15) is 31.7 Å². The molecular formula is C21H33N5O7. The molecule has 0 aliphatic carbocycles. The molecule has 0 bridgehead atoms. The van der Waals surface area contributed by atoms with E-state index >= 15 is 0 Å². The van der Waals surface area contributed by atoms with E-state index in [0.29, 0.717) is 24.9 Å². The minimum Gasteiger partial charge on any atom is -0.508 e. The second-order valence-electron chi connectivity index (χ2n) is 7.63. The lowest BCUT2D eigenvalue weighted by atomic mass is 10.0. The topological polar surface area (TPSA) is 217 Å². The van der Waals surface area contributed by atoms with Gasteiger partial charge >= 0.3 is 5.97 Å². The van der Waals surface area contributed by atoms with E-state index in [-0.39, 0.29) is 12.2 Å². The Labute approximate surface area is 191 Å². The largest absolute Gasteiger partial charge is 0.508 e. The Bertz CT molecular complexity index is 803. The number of amides is 3. The quantitative estimate of drug-likeness (QED) is 0.141. The van der Waals surface area contributed by atoms with Gasteiger partial charge in [-0.2, -0.15) is 0 Å². The second-order valence-corrected chi connectivity index (χ2v) is 7.63. The van der Waals surface area contributed by atoms with Crippen LogP contribution in [0.15, 0.2) is 24.3 Å².